The third-order valence-electron chi connectivity index (χ3n) is 5.09. The van der Waals surface area contributed by atoms with Gasteiger partial charge in [0.2, 0.25) is 0 Å². The number of nitrogens with zero attached hydrogens (tertiary/aromatic N) is 1. The van der Waals surface area contributed by atoms with Crippen molar-refractivity contribution in [2.45, 2.75) is 6.42 Å². The molecule has 1 aromatic heterocycles. The number of halogens is 1. The smallest absolute Gasteiger partial charge is 0.0544 e. The summed E-state index contributed by atoms with van der Waals surface area (Å²) >= 11 is 2.48. The van der Waals surface area contributed by atoms with Gasteiger partial charge in [-0.1, -0.05) is 66.7 Å². The van der Waals surface area contributed by atoms with Crippen molar-refractivity contribution in [2.75, 3.05) is 0 Å². The molecule has 0 aliphatic rings. The second kappa shape index (κ2) is 6.86. The quantitative estimate of drug-likeness (QED) is 0.257. The van der Waals surface area contributed by atoms with E-state index in [0.717, 1.165) is 6.42 Å². The summed E-state index contributed by atoms with van der Waals surface area (Å²) in [4.78, 5) is 0. The van der Waals surface area contributed by atoms with Gasteiger partial charge in [-0.25, -0.2) is 0 Å². The summed E-state index contributed by atoms with van der Waals surface area (Å²) < 4.78 is 3.70. The number of fused-ring (bicyclic) bond motifs is 3. The van der Waals surface area contributed by atoms with Crippen molar-refractivity contribution in [3.05, 3.63) is 112 Å². The molecule has 5 rings (SSSR count). The fourth-order valence-electron chi connectivity index (χ4n) is 3.84. The van der Waals surface area contributed by atoms with Crippen LogP contribution in [0, 0.1) is 3.57 Å². The van der Waals surface area contributed by atoms with Crippen molar-refractivity contribution in [2.24, 2.45) is 0 Å². The minimum atomic E-state index is 0.950. The molecule has 0 saturated heterocycles. The summed E-state index contributed by atoms with van der Waals surface area (Å²) in [5.41, 5.74) is 6.45. The van der Waals surface area contributed by atoms with Crippen molar-refractivity contribution >= 4 is 44.4 Å². The molecule has 2 heteroatoms. The highest BCUT2D eigenvalue weighted by Crippen LogP contribution is 2.34. The average molecular weight is 459 g/mol. The Bertz CT molecular complexity index is 1240. The molecule has 27 heavy (non-hydrogen) atoms. The molecule has 130 valence electrons. The maximum atomic E-state index is 2.48. The van der Waals surface area contributed by atoms with Gasteiger partial charge in [0.15, 0.2) is 0 Å². The lowest BCUT2D eigenvalue weighted by Gasteiger charge is -2.10. The van der Waals surface area contributed by atoms with E-state index in [9.17, 15) is 0 Å². The van der Waals surface area contributed by atoms with Gasteiger partial charge in [0.25, 0.3) is 0 Å². The van der Waals surface area contributed by atoms with Gasteiger partial charge in [0.1, 0.15) is 0 Å². The Morgan fingerprint density at radius 3 is 2.07 bits per heavy atom. The highest BCUT2D eigenvalue weighted by Gasteiger charge is 2.14. The molecule has 0 N–H and O–H groups in total. The second-order valence-corrected chi connectivity index (χ2v) is 7.97. The maximum Gasteiger partial charge on any atom is 0.0544 e. The van der Waals surface area contributed by atoms with E-state index in [0.29, 0.717) is 0 Å². The number of hydrogen-bond donors (Lipinski definition) is 0. The second-order valence-electron chi connectivity index (χ2n) is 6.81. The van der Waals surface area contributed by atoms with E-state index in [1.165, 1.54) is 42.2 Å². The maximum absolute atomic E-state index is 2.48. The molecule has 4 aromatic carbocycles. The summed E-state index contributed by atoms with van der Waals surface area (Å²) in [6.07, 6.45) is 0.950. The predicted molar refractivity (Wildman–Crippen MR) is 123 cm³/mol. The fraction of sp³-hybridized carbons (Fsp3) is 0.0400. The van der Waals surface area contributed by atoms with E-state index in [-0.39, 0.29) is 0 Å². The summed E-state index contributed by atoms with van der Waals surface area (Å²) in [5.74, 6) is 0. The van der Waals surface area contributed by atoms with Crippen LogP contribution in [-0.4, -0.2) is 4.57 Å². The van der Waals surface area contributed by atoms with Crippen molar-refractivity contribution in [3.63, 3.8) is 0 Å². The van der Waals surface area contributed by atoms with Crippen LogP contribution in [0.5, 0.6) is 0 Å². The van der Waals surface area contributed by atoms with Crippen LogP contribution < -0.4 is 0 Å². The number of benzene rings is 4. The SMILES string of the molecule is Ic1cc2c3ccccc3n(-c3ccccc3)c2cc1Cc1ccccc1. The van der Waals surface area contributed by atoms with Gasteiger partial charge in [-0.3, -0.25) is 0 Å². The first-order chi connectivity index (χ1) is 13.3. The zero-order valence-corrected chi connectivity index (χ0v) is 16.9. The van der Waals surface area contributed by atoms with Crippen LogP contribution in [0.4, 0.5) is 0 Å². The van der Waals surface area contributed by atoms with Crippen molar-refractivity contribution in [1.29, 1.82) is 0 Å². The predicted octanol–water partition coefficient (Wildman–Crippen LogP) is 6.98. The lowest BCUT2D eigenvalue weighted by Crippen LogP contribution is -1.96. The van der Waals surface area contributed by atoms with E-state index in [4.69, 9.17) is 0 Å². The first kappa shape index (κ1) is 16.6. The van der Waals surface area contributed by atoms with Crippen LogP contribution in [0.2, 0.25) is 0 Å². The zero-order chi connectivity index (χ0) is 18.2. The van der Waals surface area contributed by atoms with Gasteiger partial charge in [0, 0.05) is 20.0 Å². The molecule has 0 spiro atoms. The summed E-state index contributed by atoms with van der Waals surface area (Å²) in [6.45, 7) is 0. The fourth-order valence-corrected chi connectivity index (χ4v) is 4.50. The molecule has 0 bridgehead atoms. The monoisotopic (exact) mass is 459 g/mol. The molecule has 5 aromatic rings. The number of rotatable bonds is 3. The number of para-hydroxylation sites is 2. The standard InChI is InChI=1S/C25H18IN/c26-23-17-22-21-13-7-8-14-24(21)27(20-11-5-2-6-12-20)25(22)16-19(23)15-18-9-3-1-4-10-18/h1-14,16-17H,15H2. The lowest BCUT2D eigenvalue weighted by molar-refractivity contribution is 1.15. The number of aromatic nitrogens is 1. The van der Waals surface area contributed by atoms with E-state index in [1.54, 1.807) is 0 Å². The van der Waals surface area contributed by atoms with Crippen LogP contribution in [-0.2, 0) is 6.42 Å². The van der Waals surface area contributed by atoms with Crippen LogP contribution in [0.1, 0.15) is 11.1 Å². The molecule has 0 saturated carbocycles. The zero-order valence-electron chi connectivity index (χ0n) is 14.8. The van der Waals surface area contributed by atoms with Crippen molar-refractivity contribution in [3.8, 4) is 5.69 Å². The average Bonchev–Trinajstić information content (AvgIpc) is 3.03. The first-order valence-corrected chi connectivity index (χ1v) is 10.2. The van der Waals surface area contributed by atoms with Crippen LogP contribution in [0.15, 0.2) is 97.1 Å². The Balaban J connectivity index is 1.79. The third kappa shape index (κ3) is 2.94. The Kier molecular flexibility index (Phi) is 4.21. The minimum Gasteiger partial charge on any atom is -0.309 e. The lowest BCUT2D eigenvalue weighted by atomic mass is 10.0. The highest BCUT2D eigenvalue weighted by molar-refractivity contribution is 14.1. The van der Waals surface area contributed by atoms with E-state index in [2.05, 4.69) is 124 Å². The number of hydrogen-bond acceptors (Lipinski definition) is 0. The molecule has 0 radical (unpaired) electrons. The third-order valence-corrected chi connectivity index (χ3v) is 6.10. The van der Waals surface area contributed by atoms with E-state index < -0.39 is 0 Å². The molecule has 0 amide bonds. The topological polar surface area (TPSA) is 4.93 Å². The van der Waals surface area contributed by atoms with Gasteiger partial charge in [0.05, 0.1) is 11.0 Å². The summed E-state index contributed by atoms with van der Waals surface area (Å²) in [6, 6.07) is 34.7. The molecule has 0 atom stereocenters. The van der Waals surface area contributed by atoms with Crippen molar-refractivity contribution < 1.29 is 0 Å². The molecule has 0 aliphatic carbocycles. The molecule has 0 aliphatic heterocycles. The molecule has 1 heterocycles. The molecular formula is C25H18IN. The van der Waals surface area contributed by atoms with Crippen molar-refractivity contribution in [1.82, 2.24) is 4.57 Å². The first-order valence-electron chi connectivity index (χ1n) is 9.12. The molecule has 0 unspecified atom stereocenters. The Labute approximate surface area is 172 Å². The van der Waals surface area contributed by atoms with Gasteiger partial charge in [-0.05, 0) is 70.5 Å². The summed E-state index contributed by atoms with van der Waals surface area (Å²) in [5, 5.41) is 2.62. The minimum absolute atomic E-state index is 0.950. The van der Waals surface area contributed by atoms with Crippen LogP contribution in [0.3, 0.4) is 0 Å². The largest absolute Gasteiger partial charge is 0.309 e. The van der Waals surface area contributed by atoms with Gasteiger partial charge in [-0.2, -0.15) is 0 Å². The Morgan fingerprint density at radius 1 is 0.630 bits per heavy atom. The highest BCUT2D eigenvalue weighted by atomic mass is 127. The molecule has 0 fully saturated rings. The van der Waals surface area contributed by atoms with Gasteiger partial charge >= 0.3 is 0 Å². The Morgan fingerprint density at radius 2 is 1.30 bits per heavy atom. The van der Waals surface area contributed by atoms with Gasteiger partial charge < -0.3 is 4.57 Å². The van der Waals surface area contributed by atoms with Crippen LogP contribution >= 0.6 is 22.6 Å². The van der Waals surface area contributed by atoms with Crippen LogP contribution in [0.25, 0.3) is 27.5 Å². The van der Waals surface area contributed by atoms with E-state index >= 15 is 0 Å². The van der Waals surface area contributed by atoms with E-state index in [1.807, 2.05) is 0 Å². The molecule has 1 nitrogen and oxygen atoms in total. The Hall–Kier alpha value is -2.59. The van der Waals surface area contributed by atoms with Gasteiger partial charge in [-0.15, -0.1) is 0 Å². The summed E-state index contributed by atoms with van der Waals surface area (Å²) in [7, 11) is 0. The normalized spacial score (nSPS) is 11.3. The molecular weight excluding hydrogens is 441 g/mol.